The van der Waals surface area contributed by atoms with Crippen LogP contribution in [0.1, 0.15) is 41.6 Å². The zero-order valence-electron chi connectivity index (χ0n) is 17.7. The number of carbonyl (C=O) groups is 1. The van der Waals surface area contributed by atoms with Crippen LogP contribution in [0.4, 0.5) is 4.79 Å². The Morgan fingerprint density at radius 2 is 2.09 bits per heavy atom. The van der Waals surface area contributed by atoms with Crippen molar-refractivity contribution in [3.63, 3.8) is 0 Å². The lowest BCUT2D eigenvalue weighted by atomic mass is 9.91. The van der Waals surface area contributed by atoms with E-state index in [0.717, 1.165) is 42.3 Å². The van der Waals surface area contributed by atoms with E-state index in [2.05, 4.69) is 11.2 Å². The summed E-state index contributed by atoms with van der Waals surface area (Å²) < 4.78 is 11.5. The van der Waals surface area contributed by atoms with Crippen molar-refractivity contribution >= 4 is 17.1 Å². The Kier molecular flexibility index (Phi) is 6.57. The Bertz CT molecular complexity index is 1140. The molecule has 2 heterocycles. The molecule has 3 aromatic rings. The summed E-state index contributed by atoms with van der Waals surface area (Å²) >= 11 is 0. The molecule has 8 heteroatoms. The number of aryl methyl sites for hydroxylation is 1. The summed E-state index contributed by atoms with van der Waals surface area (Å²) in [5, 5.41) is 33.2. The number of aliphatic hydroxyl groups excluding tert-OH is 1. The van der Waals surface area contributed by atoms with Crippen molar-refractivity contribution in [2.24, 2.45) is 5.92 Å². The molecule has 8 nitrogen and oxygen atoms in total. The smallest absolute Gasteiger partial charge is 0.407 e. The molecule has 2 aromatic carbocycles. The third-order valence-electron chi connectivity index (χ3n) is 6.06. The molecule has 0 unspecified atom stereocenters. The van der Waals surface area contributed by atoms with Crippen molar-refractivity contribution in [3.8, 4) is 11.8 Å². The molecule has 0 radical (unpaired) electrons. The number of ether oxygens (including phenoxy) is 1. The van der Waals surface area contributed by atoms with Gasteiger partial charge in [-0.05, 0) is 61.4 Å². The lowest BCUT2D eigenvalue weighted by Crippen LogP contribution is -2.37. The fourth-order valence-corrected chi connectivity index (χ4v) is 4.20. The maximum Gasteiger partial charge on any atom is 0.407 e. The SMILES string of the molecule is N#Cc1cccc(COc2ccc3c(CCC4CCN(C(=O)O)CC4)noc3c2CO)c1. The van der Waals surface area contributed by atoms with Gasteiger partial charge in [0.05, 0.1) is 29.5 Å². The summed E-state index contributed by atoms with van der Waals surface area (Å²) in [5.41, 5.74) is 3.33. The van der Waals surface area contributed by atoms with Crippen LogP contribution in [-0.4, -0.2) is 39.5 Å². The number of amides is 1. The molecule has 32 heavy (non-hydrogen) atoms. The van der Waals surface area contributed by atoms with Gasteiger partial charge in [-0.1, -0.05) is 17.3 Å². The average molecular weight is 435 g/mol. The number of piperidine rings is 1. The molecule has 166 valence electrons. The number of rotatable bonds is 7. The quantitative estimate of drug-likeness (QED) is 0.573. The van der Waals surface area contributed by atoms with E-state index in [-0.39, 0.29) is 13.2 Å². The number of carboxylic acid groups (broad SMARTS) is 1. The first-order chi connectivity index (χ1) is 15.6. The summed E-state index contributed by atoms with van der Waals surface area (Å²) in [4.78, 5) is 12.5. The highest BCUT2D eigenvalue weighted by Crippen LogP contribution is 2.32. The van der Waals surface area contributed by atoms with Gasteiger partial charge in [0.1, 0.15) is 12.4 Å². The Morgan fingerprint density at radius 1 is 1.28 bits per heavy atom. The first kappa shape index (κ1) is 21.7. The molecule has 2 N–H and O–H groups in total. The van der Waals surface area contributed by atoms with E-state index < -0.39 is 6.09 Å². The van der Waals surface area contributed by atoms with E-state index in [1.807, 2.05) is 24.3 Å². The zero-order chi connectivity index (χ0) is 22.5. The number of fused-ring (bicyclic) bond motifs is 1. The van der Waals surface area contributed by atoms with Gasteiger partial charge in [0.2, 0.25) is 0 Å². The number of benzene rings is 2. The largest absolute Gasteiger partial charge is 0.488 e. The van der Waals surface area contributed by atoms with E-state index in [4.69, 9.17) is 19.6 Å². The molecule has 1 aliphatic heterocycles. The molecule has 0 saturated carbocycles. The highest BCUT2D eigenvalue weighted by atomic mass is 16.5. The van der Waals surface area contributed by atoms with Gasteiger partial charge in [-0.3, -0.25) is 0 Å². The van der Waals surface area contributed by atoms with Gasteiger partial charge in [-0.25, -0.2) is 4.79 Å². The van der Waals surface area contributed by atoms with E-state index in [9.17, 15) is 9.90 Å². The van der Waals surface area contributed by atoms with Crippen LogP contribution < -0.4 is 4.74 Å². The highest BCUT2D eigenvalue weighted by Gasteiger charge is 2.23. The number of hydrogen-bond donors (Lipinski definition) is 2. The Labute approximate surface area is 185 Å². The van der Waals surface area contributed by atoms with Crippen LogP contribution in [0.25, 0.3) is 11.0 Å². The van der Waals surface area contributed by atoms with Gasteiger partial charge >= 0.3 is 6.09 Å². The predicted molar refractivity (Wildman–Crippen MR) is 116 cm³/mol. The van der Waals surface area contributed by atoms with Crippen LogP contribution in [0, 0.1) is 17.2 Å². The maximum atomic E-state index is 11.1. The molecule has 1 saturated heterocycles. The number of aliphatic hydroxyl groups is 1. The number of aromatic nitrogens is 1. The van der Waals surface area contributed by atoms with Crippen LogP contribution in [-0.2, 0) is 19.6 Å². The van der Waals surface area contributed by atoms with Crippen molar-refractivity contribution in [1.29, 1.82) is 5.26 Å². The Hall–Kier alpha value is -3.57. The van der Waals surface area contributed by atoms with Crippen molar-refractivity contribution in [2.75, 3.05) is 13.1 Å². The monoisotopic (exact) mass is 435 g/mol. The van der Waals surface area contributed by atoms with E-state index in [0.29, 0.717) is 41.5 Å². The second-order valence-corrected chi connectivity index (χ2v) is 8.06. The number of likely N-dealkylation sites (tertiary alicyclic amines) is 1. The van der Waals surface area contributed by atoms with Crippen molar-refractivity contribution in [1.82, 2.24) is 10.1 Å². The number of hydrogen-bond acceptors (Lipinski definition) is 6. The van der Waals surface area contributed by atoms with Crippen molar-refractivity contribution < 1.29 is 24.3 Å². The molecule has 0 bridgehead atoms. The third kappa shape index (κ3) is 4.68. The van der Waals surface area contributed by atoms with Gasteiger partial charge in [-0.15, -0.1) is 0 Å². The van der Waals surface area contributed by atoms with Crippen LogP contribution in [0.3, 0.4) is 0 Å². The fraction of sp³-hybridized carbons (Fsp3) is 0.375. The highest BCUT2D eigenvalue weighted by molar-refractivity contribution is 5.84. The molecule has 1 fully saturated rings. The molecule has 1 aliphatic rings. The molecule has 0 atom stereocenters. The van der Waals surface area contributed by atoms with Gasteiger partial charge in [0, 0.05) is 18.5 Å². The van der Waals surface area contributed by atoms with E-state index in [1.165, 1.54) is 4.90 Å². The first-order valence-electron chi connectivity index (χ1n) is 10.7. The maximum absolute atomic E-state index is 11.1. The Morgan fingerprint density at radius 3 is 2.81 bits per heavy atom. The minimum atomic E-state index is -0.849. The third-order valence-corrected chi connectivity index (χ3v) is 6.06. The lowest BCUT2D eigenvalue weighted by Gasteiger charge is -2.29. The van der Waals surface area contributed by atoms with Crippen LogP contribution in [0.15, 0.2) is 40.9 Å². The minimum Gasteiger partial charge on any atom is -0.488 e. The lowest BCUT2D eigenvalue weighted by molar-refractivity contribution is 0.123. The summed E-state index contributed by atoms with van der Waals surface area (Å²) in [7, 11) is 0. The molecular weight excluding hydrogens is 410 g/mol. The van der Waals surface area contributed by atoms with Crippen LogP contribution >= 0.6 is 0 Å². The van der Waals surface area contributed by atoms with Gasteiger partial charge in [0.25, 0.3) is 0 Å². The van der Waals surface area contributed by atoms with Gasteiger partial charge < -0.3 is 24.4 Å². The fourth-order valence-electron chi connectivity index (χ4n) is 4.20. The van der Waals surface area contributed by atoms with Crippen LogP contribution in [0.5, 0.6) is 5.75 Å². The summed E-state index contributed by atoms with van der Waals surface area (Å²) in [6, 6.07) is 13.0. The summed E-state index contributed by atoms with van der Waals surface area (Å²) in [5.74, 6) is 0.979. The van der Waals surface area contributed by atoms with Crippen molar-refractivity contribution in [3.05, 3.63) is 58.8 Å². The van der Waals surface area contributed by atoms with Crippen LogP contribution in [0.2, 0.25) is 0 Å². The molecule has 0 aliphatic carbocycles. The van der Waals surface area contributed by atoms with E-state index in [1.54, 1.807) is 12.1 Å². The standard InChI is InChI=1S/C24H25N3O5/c25-13-17-2-1-3-18(12-17)15-31-22-7-5-19-21(26-32-23(19)20(22)14-28)6-4-16-8-10-27(11-9-16)24(29)30/h1-3,5,7,12,16,28H,4,6,8-11,14-15H2,(H,29,30). The Balaban J connectivity index is 1.43. The molecule has 0 spiro atoms. The second kappa shape index (κ2) is 9.71. The van der Waals surface area contributed by atoms with Gasteiger partial charge in [-0.2, -0.15) is 5.26 Å². The average Bonchev–Trinajstić information content (AvgIpc) is 3.24. The second-order valence-electron chi connectivity index (χ2n) is 8.06. The molecule has 4 rings (SSSR count). The molecular formula is C24H25N3O5. The zero-order valence-corrected chi connectivity index (χ0v) is 17.7. The first-order valence-corrected chi connectivity index (χ1v) is 10.7. The van der Waals surface area contributed by atoms with Crippen molar-refractivity contribution in [2.45, 2.75) is 38.9 Å². The normalized spacial score (nSPS) is 14.4. The topological polar surface area (TPSA) is 120 Å². The predicted octanol–water partition coefficient (Wildman–Crippen LogP) is 4.09. The molecule has 1 aromatic heterocycles. The number of nitriles is 1. The summed E-state index contributed by atoms with van der Waals surface area (Å²) in [6.45, 7) is 1.18. The van der Waals surface area contributed by atoms with Gasteiger partial charge in [0.15, 0.2) is 5.58 Å². The molecule has 1 amide bonds. The summed E-state index contributed by atoms with van der Waals surface area (Å²) in [6.07, 6.45) is 2.51. The van der Waals surface area contributed by atoms with E-state index >= 15 is 0 Å². The number of nitrogens with zero attached hydrogens (tertiary/aromatic N) is 3. The minimum absolute atomic E-state index is 0.243.